The van der Waals surface area contributed by atoms with Crippen molar-refractivity contribution in [3.63, 3.8) is 0 Å². The first-order valence-corrected chi connectivity index (χ1v) is 15.8. The van der Waals surface area contributed by atoms with Crippen LogP contribution < -0.4 is 15.9 Å². The summed E-state index contributed by atoms with van der Waals surface area (Å²) in [4.78, 5) is 28.4. The Kier molecular flexibility index (Phi) is 9.74. The molecule has 4 aromatic carbocycles. The predicted octanol–water partition coefficient (Wildman–Crippen LogP) is 3.43. The molecule has 45 heavy (non-hydrogen) atoms. The van der Waals surface area contributed by atoms with E-state index in [2.05, 4.69) is 10.4 Å². The monoisotopic (exact) mass is 631 g/mol. The molecule has 12 heteroatoms. The zero-order chi connectivity index (χ0) is 32.0. The number of carbonyl (C=O) groups is 2. The summed E-state index contributed by atoms with van der Waals surface area (Å²) < 4.78 is 48.2. The van der Waals surface area contributed by atoms with Gasteiger partial charge in [0.1, 0.15) is 17.6 Å². The number of nitrogens with two attached hydrogens (primary N) is 1. The van der Waals surface area contributed by atoms with E-state index in [1.54, 1.807) is 35.2 Å². The Morgan fingerprint density at radius 1 is 1.07 bits per heavy atom. The second-order valence-electron chi connectivity index (χ2n) is 10.7. The van der Waals surface area contributed by atoms with Crippen LogP contribution in [0.3, 0.4) is 0 Å². The van der Waals surface area contributed by atoms with Crippen LogP contribution in [0, 0.1) is 5.82 Å². The van der Waals surface area contributed by atoms with Crippen LogP contribution in [0.2, 0.25) is 0 Å². The third kappa shape index (κ3) is 7.47. The molecule has 0 unspecified atom stereocenters. The molecule has 0 bridgehead atoms. The van der Waals surface area contributed by atoms with Crippen molar-refractivity contribution < 1.29 is 27.1 Å². The highest BCUT2D eigenvalue weighted by Gasteiger charge is 2.43. The van der Waals surface area contributed by atoms with Crippen molar-refractivity contribution in [2.75, 3.05) is 26.7 Å². The molecule has 1 heterocycles. The number of rotatable bonds is 12. The first-order chi connectivity index (χ1) is 21.7. The Morgan fingerprint density at radius 2 is 1.84 bits per heavy atom. The molecular weight excluding hydrogens is 597 g/mol. The maximum atomic E-state index is 14.2. The van der Waals surface area contributed by atoms with Crippen LogP contribution in [0.4, 0.5) is 4.39 Å². The van der Waals surface area contributed by atoms with E-state index in [0.29, 0.717) is 29.7 Å². The molecule has 1 aliphatic rings. The molecule has 0 aliphatic carbocycles. The van der Waals surface area contributed by atoms with Crippen molar-refractivity contribution in [1.29, 1.82) is 0 Å². The Morgan fingerprint density at radius 3 is 2.62 bits per heavy atom. The molecule has 4 aromatic rings. The number of nitrogens with one attached hydrogen (secondary N) is 1. The standard InChI is InChI=1S/C33H34FN5O5S/c1-44-29-10-8-26-9-11-30(19-27(26)18-29)45(42,43)39(22-32(40)36-14-12-23-4-3-7-28(34)17-23)31-13-15-38(33(31)41)21-25-6-2-5-24(16-25)20-37-35/h2-11,16-20,31H,12-15,21-22,35H2,1H3,(H,36,40)/t31-/m0/s1. The van der Waals surface area contributed by atoms with Gasteiger partial charge in [0.2, 0.25) is 21.8 Å². The third-order valence-electron chi connectivity index (χ3n) is 7.71. The van der Waals surface area contributed by atoms with Gasteiger partial charge >= 0.3 is 0 Å². The molecule has 234 valence electrons. The molecule has 1 saturated heterocycles. The molecule has 0 aromatic heterocycles. The highest BCUT2D eigenvalue weighted by molar-refractivity contribution is 7.89. The molecule has 10 nitrogen and oxygen atoms in total. The number of nitrogens with zero attached hydrogens (tertiary/aromatic N) is 3. The van der Waals surface area contributed by atoms with Gasteiger partial charge in [-0.05, 0) is 82.8 Å². The van der Waals surface area contributed by atoms with Crippen LogP contribution in [-0.2, 0) is 32.6 Å². The lowest BCUT2D eigenvalue weighted by atomic mass is 10.1. The Hall–Kier alpha value is -4.81. The van der Waals surface area contributed by atoms with Crippen molar-refractivity contribution in [2.45, 2.75) is 30.3 Å². The Balaban J connectivity index is 1.40. The quantitative estimate of drug-likeness (QED) is 0.140. The number of sulfonamides is 1. The lowest BCUT2D eigenvalue weighted by Gasteiger charge is -2.27. The first kappa shape index (κ1) is 31.6. The number of amides is 2. The van der Waals surface area contributed by atoms with Gasteiger partial charge in [-0.15, -0.1) is 0 Å². The highest BCUT2D eigenvalue weighted by Crippen LogP contribution is 2.29. The van der Waals surface area contributed by atoms with Gasteiger partial charge in [0.25, 0.3) is 0 Å². The van der Waals surface area contributed by atoms with E-state index in [9.17, 15) is 22.4 Å². The topological polar surface area (TPSA) is 134 Å². The minimum Gasteiger partial charge on any atom is -0.497 e. The summed E-state index contributed by atoms with van der Waals surface area (Å²) >= 11 is 0. The van der Waals surface area contributed by atoms with Crippen LogP contribution >= 0.6 is 0 Å². The number of halogens is 1. The van der Waals surface area contributed by atoms with Crippen LogP contribution in [0.25, 0.3) is 10.8 Å². The van der Waals surface area contributed by atoms with Gasteiger partial charge in [0, 0.05) is 19.6 Å². The summed E-state index contributed by atoms with van der Waals surface area (Å²) in [7, 11) is -2.79. The average molecular weight is 632 g/mol. The second-order valence-corrected chi connectivity index (χ2v) is 12.6. The third-order valence-corrected chi connectivity index (χ3v) is 9.57. The van der Waals surface area contributed by atoms with Crippen molar-refractivity contribution >= 4 is 38.8 Å². The normalized spacial score (nSPS) is 15.3. The van der Waals surface area contributed by atoms with Gasteiger partial charge in [0.05, 0.1) is 24.8 Å². The number of fused-ring (bicyclic) bond motifs is 1. The summed E-state index contributed by atoms with van der Waals surface area (Å²) in [5, 5.41) is 7.71. The van der Waals surface area contributed by atoms with Crippen LogP contribution in [0.15, 0.2) is 94.9 Å². The van der Waals surface area contributed by atoms with Crippen LogP contribution in [0.5, 0.6) is 5.75 Å². The number of likely N-dealkylation sites (tertiary alicyclic amines) is 1. The minimum absolute atomic E-state index is 0.0455. The molecule has 1 aliphatic heterocycles. The molecule has 5 rings (SSSR count). The number of hydrazone groups is 1. The number of carbonyl (C=O) groups excluding carboxylic acids is 2. The largest absolute Gasteiger partial charge is 0.497 e. The van der Waals surface area contributed by atoms with Gasteiger partial charge < -0.3 is 20.8 Å². The number of ether oxygens (including phenoxy) is 1. The lowest BCUT2D eigenvalue weighted by molar-refractivity contribution is -0.131. The molecule has 3 N–H and O–H groups in total. The summed E-state index contributed by atoms with van der Waals surface area (Å²) in [5.41, 5.74) is 2.29. The zero-order valence-corrected chi connectivity index (χ0v) is 25.5. The SMILES string of the molecule is COc1ccc2ccc(S(=O)(=O)N(CC(=O)NCCc3cccc(F)c3)[C@H]3CCN(Cc4cccc(C=NN)c4)C3=O)cc2c1. The van der Waals surface area contributed by atoms with Gasteiger partial charge in [0.15, 0.2) is 0 Å². The lowest BCUT2D eigenvalue weighted by Crippen LogP contribution is -2.49. The molecule has 0 spiro atoms. The number of benzene rings is 4. The van der Waals surface area contributed by atoms with Crippen molar-refractivity contribution in [1.82, 2.24) is 14.5 Å². The van der Waals surface area contributed by atoms with E-state index in [0.717, 1.165) is 20.8 Å². The summed E-state index contributed by atoms with van der Waals surface area (Å²) in [6.45, 7) is 0.166. The van der Waals surface area contributed by atoms with E-state index < -0.39 is 34.4 Å². The van der Waals surface area contributed by atoms with Crippen molar-refractivity contribution in [3.05, 3.63) is 107 Å². The van der Waals surface area contributed by atoms with E-state index >= 15 is 0 Å². The summed E-state index contributed by atoms with van der Waals surface area (Å²) in [6.07, 6.45) is 2.06. The van der Waals surface area contributed by atoms with Crippen LogP contribution in [-0.4, -0.2) is 68.4 Å². The van der Waals surface area contributed by atoms with E-state index in [-0.39, 0.29) is 30.2 Å². The Bertz CT molecular complexity index is 1850. The highest BCUT2D eigenvalue weighted by atomic mass is 32.2. The Labute approximate surface area is 261 Å². The fourth-order valence-electron chi connectivity index (χ4n) is 5.45. The van der Waals surface area contributed by atoms with Gasteiger partial charge in [-0.3, -0.25) is 9.59 Å². The second kappa shape index (κ2) is 13.9. The summed E-state index contributed by atoms with van der Waals surface area (Å²) in [6, 6.07) is 22.3. The molecule has 1 fully saturated rings. The number of methoxy groups -OCH3 is 1. The minimum atomic E-state index is -4.31. The maximum absolute atomic E-state index is 14.2. The zero-order valence-electron chi connectivity index (χ0n) is 24.7. The van der Waals surface area contributed by atoms with Crippen LogP contribution in [0.1, 0.15) is 23.1 Å². The molecular formula is C33H34FN5O5S. The van der Waals surface area contributed by atoms with Gasteiger partial charge in [-0.25, -0.2) is 12.8 Å². The van der Waals surface area contributed by atoms with Crippen molar-refractivity contribution in [2.24, 2.45) is 10.9 Å². The van der Waals surface area contributed by atoms with Crippen molar-refractivity contribution in [3.8, 4) is 5.75 Å². The number of hydrogen-bond acceptors (Lipinski definition) is 7. The molecule has 0 radical (unpaired) electrons. The maximum Gasteiger partial charge on any atom is 0.244 e. The van der Waals surface area contributed by atoms with Gasteiger partial charge in [-0.1, -0.05) is 42.5 Å². The van der Waals surface area contributed by atoms with Gasteiger partial charge in [-0.2, -0.15) is 9.41 Å². The fourth-order valence-corrected chi connectivity index (χ4v) is 7.05. The molecule has 0 saturated carbocycles. The first-order valence-electron chi connectivity index (χ1n) is 14.4. The van der Waals surface area contributed by atoms with E-state index in [1.165, 1.54) is 37.6 Å². The smallest absolute Gasteiger partial charge is 0.244 e. The molecule has 1 atom stereocenters. The molecule has 2 amide bonds. The predicted molar refractivity (Wildman–Crippen MR) is 170 cm³/mol. The fraction of sp³-hybridized carbons (Fsp3) is 0.242. The average Bonchev–Trinajstić information content (AvgIpc) is 3.38. The number of hydrogen-bond donors (Lipinski definition) is 2. The summed E-state index contributed by atoms with van der Waals surface area (Å²) in [5.74, 6) is 4.49. The van der Waals surface area contributed by atoms with E-state index in [1.807, 2.05) is 30.3 Å². The van der Waals surface area contributed by atoms with E-state index in [4.69, 9.17) is 10.6 Å².